The number of carbonyl (C=O) groups excluding carboxylic acids is 1. The van der Waals surface area contributed by atoms with E-state index in [2.05, 4.69) is 13.8 Å². The second-order valence-corrected chi connectivity index (χ2v) is 9.47. The number of unbranched alkanes of at least 4 members (excludes halogenated alkanes) is 9. The number of hydrogen-bond donors (Lipinski definition) is 1. The van der Waals surface area contributed by atoms with Gasteiger partial charge in [0.15, 0.2) is 0 Å². The van der Waals surface area contributed by atoms with Gasteiger partial charge >= 0.3 is 11.9 Å². The van der Waals surface area contributed by atoms with Gasteiger partial charge in [0.05, 0.1) is 11.8 Å². The Balaban J connectivity index is 2.08. The lowest BCUT2D eigenvalue weighted by molar-refractivity contribution is -0.162. The Morgan fingerprint density at radius 1 is 0.833 bits per heavy atom. The van der Waals surface area contributed by atoms with E-state index in [4.69, 9.17) is 4.74 Å². The van der Waals surface area contributed by atoms with Crippen molar-refractivity contribution >= 4 is 11.9 Å². The van der Waals surface area contributed by atoms with Crippen LogP contribution in [0.25, 0.3) is 0 Å². The predicted octanol–water partition coefficient (Wildman–Crippen LogP) is 7.31. The van der Waals surface area contributed by atoms with E-state index in [1.165, 1.54) is 64.2 Å². The van der Waals surface area contributed by atoms with Crippen molar-refractivity contribution in [2.45, 2.75) is 123 Å². The maximum atomic E-state index is 12.5. The Morgan fingerprint density at radius 3 is 1.77 bits per heavy atom. The average Bonchev–Trinajstić information content (AvgIpc) is 2.73. The molecule has 0 aliphatic heterocycles. The van der Waals surface area contributed by atoms with E-state index >= 15 is 0 Å². The summed E-state index contributed by atoms with van der Waals surface area (Å²) >= 11 is 0. The van der Waals surface area contributed by atoms with Gasteiger partial charge in [-0.25, -0.2) is 0 Å². The number of carboxylic acid groups (broad SMARTS) is 1. The fourth-order valence-corrected chi connectivity index (χ4v) is 4.28. The van der Waals surface area contributed by atoms with Crippen LogP contribution in [0.4, 0.5) is 0 Å². The van der Waals surface area contributed by atoms with Crippen molar-refractivity contribution in [3.63, 3.8) is 0 Å². The summed E-state index contributed by atoms with van der Waals surface area (Å²) < 4.78 is 5.69. The van der Waals surface area contributed by atoms with E-state index in [0.717, 1.165) is 25.2 Å². The average molecular weight is 423 g/mol. The fourth-order valence-electron chi connectivity index (χ4n) is 4.28. The number of aliphatic carboxylic acids is 1. The number of carbonyl (C=O) groups is 2. The Labute approximate surface area is 184 Å². The minimum Gasteiger partial charge on any atom is -0.481 e. The van der Waals surface area contributed by atoms with Gasteiger partial charge in [-0.2, -0.15) is 0 Å². The van der Waals surface area contributed by atoms with Crippen LogP contribution in [-0.2, 0) is 14.3 Å². The number of hydrogen-bond acceptors (Lipinski definition) is 3. The highest BCUT2D eigenvalue weighted by atomic mass is 16.5. The Kier molecular flexibility index (Phi) is 14.6. The van der Waals surface area contributed by atoms with Crippen molar-refractivity contribution in [2.75, 3.05) is 0 Å². The second kappa shape index (κ2) is 16.4. The van der Waals surface area contributed by atoms with Crippen LogP contribution in [0, 0.1) is 17.8 Å². The third-order valence-electron chi connectivity index (χ3n) is 6.35. The molecule has 0 amide bonds. The summed E-state index contributed by atoms with van der Waals surface area (Å²) in [5, 5.41) is 9.34. The molecule has 30 heavy (non-hydrogen) atoms. The number of rotatable bonds is 17. The molecule has 1 aliphatic rings. The lowest BCUT2D eigenvalue weighted by Gasteiger charge is -2.26. The third kappa shape index (κ3) is 11.8. The van der Waals surface area contributed by atoms with E-state index in [-0.39, 0.29) is 12.1 Å². The van der Waals surface area contributed by atoms with Crippen molar-refractivity contribution in [1.82, 2.24) is 0 Å². The summed E-state index contributed by atoms with van der Waals surface area (Å²) in [6.07, 6.45) is 20.7. The summed E-state index contributed by atoms with van der Waals surface area (Å²) in [5.41, 5.74) is 0. The zero-order chi connectivity index (χ0) is 22.2. The van der Waals surface area contributed by atoms with Crippen LogP contribution in [0.1, 0.15) is 117 Å². The lowest BCUT2D eigenvalue weighted by atomic mass is 9.83. The van der Waals surface area contributed by atoms with Crippen LogP contribution in [0.3, 0.4) is 0 Å². The lowest BCUT2D eigenvalue weighted by Crippen LogP contribution is -2.34. The summed E-state index contributed by atoms with van der Waals surface area (Å²) in [7, 11) is 0. The molecule has 0 saturated carbocycles. The Morgan fingerprint density at radius 2 is 1.30 bits per heavy atom. The molecule has 0 heterocycles. The summed E-state index contributed by atoms with van der Waals surface area (Å²) in [5.74, 6) is -1.56. The molecular weight excluding hydrogens is 376 g/mol. The first kappa shape index (κ1) is 26.7. The molecule has 4 nitrogen and oxygen atoms in total. The molecular formula is C26H46O4. The fraction of sp³-hybridized carbons (Fsp3) is 0.846. The van der Waals surface area contributed by atoms with Crippen LogP contribution in [0.5, 0.6) is 0 Å². The van der Waals surface area contributed by atoms with E-state index in [1.807, 2.05) is 19.1 Å². The molecule has 3 unspecified atom stereocenters. The van der Waals surface area contributed by atoms with Gasteiger partial charge in [0.1, 0.15) is 6.10 Å². The van der Waals surface area contributed by atoms with Gasteiger partial charge in [0, 0.05) is 0 Å². The summed E-state index contributed by atoms with van der Waals surface area (Å²) in [6, 6.07) is 0. The third-order valence-corrected chi connectivity index (χ3v) is 6.35. The van der Waals surface area contributed by atoms with Gasteiger partial charge < -0.3 is 9.84 Å². The molecule has 0 aromatic rings. The highest BCUT2D eigenvalue weighted by Gasteiger charge is 2.35. The van der Waals surface area contributed by atoms with Gasteiger partial charge in [0.25, 0.3) is 0 Å². The molecule has 0 saturated heterocycles. The summed E-state index contributed by atoms with van der Waals surface area (Å²) in [6.45, 7) is 6.64. The smallest absolute Gasteiger partial charge is 0.310 e. The molecule has 0 spiro atoms. The first-order chi connectivity index (χ1) is 14.5. The van der Waals surface area contributed by atoms with Crippen LogP contribution in [0.2, 0.25) is 0 Å². The van der Waals surface area contributed by atoms with Gasteiger partial charge in [-0.15, -0.1) is 0 Å². The van der Waals surface area contributed by atoms with Crippen molar-refractivity contribution < 1.29 is 19.4 Å². The minimum atomic E-state index is -0.898. The van der Waals surface area contributed by atoms with Crippen LogP contribution >= 0.6 is 0 Å². The predicted molar refractivity (Wildman–Crippen MR) is 123 cm³/mol. The molecule has 0 aromatic carbocycles. The van der Waals surface area contributed by atoms with Crippen molar-refractivity contribution in [2.24, 2.45) is 17.8 Å². The molecule has 4 heteroatoms. The minimum absolute atomic E-state index is 0.0799. The zero-order valence-electron chi connectivity index (χ0n) is 19.7. The standard InChI is InChI=1S/C26H46O4/c1-4-22(30-26(29)24-20-16-15-19-23(24)25(27)28)18-14-12-10-8-6-5-7-9-11-13-17-21(2)3/h15-16,21-24H,4-14,17-20H2,1-3H3,(H,27,28). The highest BCUT2D eigenvalue weighted by molar-refractivity contribution is 5.81. The van der Waals surface area contributed by atoms with E-state index in [0.29, 0.717) is 12.8 Å². The van der Waals surface area contributed by atoms with E-state index in [1.54, 1.807) is 0 Å². The first-order valence-corrected chi connectivity index (χ1v) is 12.5. The molecule has 0 bridgehead atoms. The molecule has 174 valence electrons. The van der Waals surface area contributed by atoms with Crippen molar-refractivity contribution in [3.8, 4) is 0 Å². The van der Waals surface area contributed by atoms with Crippen molar-refractivity contribution in [1.29, 1.82) is 0 Å². The van der Waals surface area contributed by atoms with Crippen LogP contribution < -0.4 is 0 Å². The van der Waals surface area contributed by atoms with E-state index in [9.17, 15) is 14.7 Å². The number of ether oxygens (including phenoxy) is 1. The van der Waals surface area contributed by atoms with Crippen molar-refractivity contribution in [3.05, 3.63) is 12.2 Å². The zero-order valence-corrected chi connectivity index (χ0v) is 19.7. The topological polar surface area (TPSA) is 63.6 Å². The first-order valence-electron chi connectivity index (χ1n) is 12.5. The second-order valence-electron chi connectivity index (χ2n) is 9.47. The van der Waals surface area contributed by atoms with Gasteiger partial charge in [-0.1, -0.05) is 97.1 Å². The van der Waals surface area contributed by atoms with Gasteiger partial charge in [0.2, 0.25) is 0 Å². The number of esters is 1. The molecule has 0 aromatic heterocycles. The summed E-state index contributed by atoms with van der Waals surface area (Å²) in [4.78, 5) is 23.9. The Hall–Kier alpha value is -1.32. The molecule has 1 rings (SSSR count). The maximum absolute atomic E-state index is 12.5. The van der Waals surface area contributed by atoms with Gasteiger partial charge in [-0.3, -0.25) is 9.59 Å². The molecule has 0 radical (unpaired) electrons. The molecule has 3 atom stereocenters. The van der Waals surface area contributed by atoms with Crippen LogP contribution in [-0.4, -0.2) is 23.1 Å². The highest BCUT2D eigenvalue weighted by Crippen LogP contribution is 2.28. The quantitative estimate of drug-likeness (QED) is 0.152. The SMILES string of the molecule is CCC(CCCCCCCCCCCCC(C)C)OC(=O)C1CC=CCC1C(=O)O. The number of allylic oxidation sites excluding steroid dienone is 2. The number of carboxylic acids is 1. The van der Waals surface area contributed by atoms with E-state index < -0.39 is 17.8 Å². The Bertz CT molecular complexity index is 497. The molecule has 1 N–H and O–H groups in total. The van der Waals surface area contributed by atoms with Crippen LogP contribution in [0.15, 0.2) is 12.2 Å². The normalized spacial score (nSPS) is 19.7. The maximum Gasteiger partial charge on any atom is 0.310 e. The molecule has 1 aliphatic carbocycles. The largest absolute Gasteiger partial charge is 0.481 e. The van der Waals surface area contributed by atoms with Gasteiger partial charge in [-0.05, 0) is 38.0 Å². The molecule has 0 fully saturated rings. The monoisotopic (exact) mass is 422 g/mol.